The summed E-state index contributed by atoms with van der Waals surface area (Å²) in [6, 6.07) is 13.6. The molecule has 0 amide bonds. The molecule has 2 aromatic carbocycles. The summed E-state index contributed by atoms with van der Waals surface area (Å²) in [5, 5.41) is 12.3. The highest BCUT2D eigenvalue weighted by atomic mass is 16.5. The van der Waals surface area contributed by atoms with Crippen LogP contribution in [0, 0.1) is 0 Å². The van der Waals surface area contributed by atoms with Crippen LogP contribution in [0.15, 0.2) is 53.5 Å². The molecular formula is C21H21N5O2. The molecule has 0 atom stereocenters. The molecule has 0 aliphatic carbocycles. The van der Waals surface area contributed by atoms with Gasteiger partial charge in [-0.05, 0) is 48.9 Å². The Bertz CT molecular complexity index is 1190. The largest absolute Gasteiger partial charge is 0.494 e. The first-order valence-corrected chi connectivity index (χ1v) is 9.09. The topological polar surface area (TPSA) is 98.8 Å². The number of benzene rings is 2. The van der Waals surface area contributed by atoms with Crippen molar-refractivity contribution >= 4 is 10.8 Å². The van der Waals surface area contributed by atoms with Crippen LogP contribution in [0.5, 0.6) is 5.75 Å². The minimum absolute atomic E-state index is 0.225. The van der Waals surface area contributed by atoms with E-state index in [1.807, 2.05) is 61.2 Å². The van der Waals surface area contributed by atoms with Gasteiger partial charge in [-0.15, -0.1) is 0 Å². The van der Waals surface area contributed by atoms with Gasteiger partial charge in [0.05, 0.1) is 29.6 Å². The molecule has 0 unspecified atom stereocenters. The van der Waals surface area contributed by atoms with E-state index >= 15 is 0 Å². The fourth-order valence-electron chi connectivity index (χ4n) is 3.41. The molecule has 0 aliphatic heterocycles. The molecule has 0 spiro atoms. The minimum Gasteiger partial charge on any atom is -0.494 e. The van der Waals surface area contributed by atoms with Crippen molar-refractivity contribution in [2.45, 2.75) is 13.5 Å². The first-order chi connectivity index (χ1) is 13.6. The van der Waals surface area contributed by atoms with E-state index in [-0.39, 0.29) is 12.1 Å². The third-order valence-electron chi connectivity index (χ3n) is 4.75. The van der Waals surface area contributed by atoms with Gasteiger partial charge in [-0.25, -0.2) is 5.10 Å². The van der Waals surface area contributed by atoms with Crippen molar-refractivity contribution in [3.63, 3.8) is 0 Å². The lowest BCUT2D eigenvalue weighted by molar-refractivity contribution is 0.340. The van der Waals surface area contributed by atoms with Crippen molar-refractivity contribution in [1.29, 1.82) is 0 Å². The Labute approximate surface area is 161 Å². The second kappa shape index (κ2) is 7.28. The molecule has 4 rings (SSSR count). The van der Waals surface area contributed by atoms with Gasteiger partial charge in [0.1, 0.15) is 5.75 Å². The first kappa shape index (κ1) is 17.9. The summed E-state index contributed by atoms with van der Waals surface area (Å²) in [5.74, 6) is 0.832. The average molecular weight is 375 g/mol. The van der Waals surface area contributed by atoms with E-state index in [0.29, 0.717) is 17.7 Å². The minimum atomic E-state index is -0.225. The molecule has 0 saturated carbocycles. The van der Waals surface area contributed by atoms with E-state index in [1.54, 1.807) is 6.07 Å². The normalized spacial score (nSPS) is 11.1. The lowest BCUT2D eigenvalue weighted by Crippen LogP contribution is -2.13. The van der Waals surface area contributed by atoms with E-state index < -0.39 is 0 Å². The lowest BCUT2D eigenvalue weighted by Gasteiger charge is -2.10. The van der Waals surface area contributed by atoms with Gasteiger partial charge in [0.25, 0.3) is 5.56 Å². The van der Waals surface area contributed by atoms with Crippen LogP contribution >= 0.6 is 0 Å². The summed E-state index contributed by atoms with van der Waals surface area (Å²) >= 11 is 0. The zero-order chi connectivity index (χ0) is 19.7. The summed E-state index contributed by atoms with van der Waals surface area (Å²) in [6.45, 7) is 2.84. The number of hydrogen-bond acceptors (Lipinski definition) is 5. The number of nitrogens with one attached hydrogen (secondary N) is 1. The van der Waals surface area contributed by atoms with E-state index in [0.717, 1.165) is 33.5 Å². The fourth-order valence-corrected chi connectivity index (χ4v) is 3.41. The number of hydrogen-bond donors (Lipinski definition) is 2. The van der Waals surface area contributed by atoms with Gasteiger partial charge in [0.2, 0.25) is 0 Å². The van der Waals surface area contributed by atoms with Gasteiger partial charge in [-0.1, -0.05) is 6.07 Å². The maximum absolute atomic E-state index is 12.1. The van der Waals surface area contributed by atoms with E-state index in [2.05, 4.69) is 15.3 Å². The third-order valence-corrected chi connectivity index (χ3v) is 4.75. The van der Waals surface area contributed by atoms with Crippen LogP contribution in [0.2, 0.25) is 0 Å². The Morgan fingerprint density at radius 1 is 1.11 bits per heavy atom. The number of aryl methyl sites for hydroxylation is 1. The van der Waals surface area contributed by atoms with Gasteiger partial charge >= 0.3 is 0 Å². The summed E-state index contributed by atoms with van der Waals surface area (Å²) < 4.78 is 7.38. The second-order valence-corrected chi connectivity index (χ2v) is 6.45. The van der Waals surface area contributed by atoms with Crippen molar-refractivity contribution in [3.8, 4) is 28.1 Å². The van der Waals surface area contributed by atoms with Crippen LogP contribution < -0.4 is 16.0 Å². The molecule has 0 bridgehead atoms. The monoisotopic (exact) mass is 375 g/mol. The molecule has 2 heterocycles. The molecule has 0 fully saturated rings. The van der Waals surface area contributed by atoms with Crippen LogP contribution in [-0.2, 0) is 13.6 Å². The number of ether oxygens (including phenoxy) is 1. The van der Waals surface area contributed by atoms with Crippen LogP contribution in [0.4, 0.5) is 0 Å². The number of H-pyrrole nitrogens is 1. The summed E-state index contributed by atoms with van der Waals surface area (Å²) in [4.78, 5) is 12.1. The van der Waals surface area contributed by atoms with Crippen molar-refractivity contribution in [1.82, 2.24) is 20.0 Å². The van der Waals surface area contributed by atoms with Crippen molar-refractivity contribution in [2.75, 3.05) is 6.61 Å². The third kappa shape index (κ3) is 3.05. The fraction of sp³-hybridized carbons (Fsp3) is 0.190. The Kier molecular flexibility index (Phi) is 4.67. The van der Waals surface area contributed by atoms with Gasteiger partial charge in [0.15, 0.2) is 0 Å². The van der Waals surface area contributed by atoms with Crippen molar-refractivity contribution < 1.29 is 4.74 Å². The zero-order valence-corrected chi connectivity index (χ0v) is 15.8. The molecule has 4 aromatic rings. The standard InChI is InChI=1S/C21H21N5O2/c1-3-28-15-7-4-13(5-8-15)20-18(12-23-26(20)2)14-6-9-16-17(10-14)19(11-22)24-25-21(16)27/h4-10,12H,3,11,22H2,1-2H3,(H,25,27). The molecule has 142 valence electrons. The number of nitrogens with zero attached hydrogens (tertiary/aromatic N) is 3. The highest BCUT2D eigenvalue weighted by molar-refractivity contribution is 5.91. The number of aromatic nitrogens is 4. The van der Waals surface area contributed by atoms with Gasteiger partial charge in [-0.2, -0.15) is 10.2 Å². The van der Waals surface area contributed by atoms with Crippen LogP contribution in [0.1, 0.15) is 12.6 Å². The summed E-state index contributed by atoms with van der Waals surface area (Å²) in [6.07, 6.45) is 1.83. The quantitative estimate of drug-likeness (QED) is 0.559. The van der Waals surface area contributed by atoms with Crippen LogP contribution in [-0.4, -0.2) is 26.6 Å². The molecule has 0 saturated heterocycles. The predicted molar refractivity (Wildman–Crippen MR) is 109 cm³/mol. The number of aromatic amines is 1. The molecule has 3 N–H and O–H groups in total. The molecule has 7 nitrogen and oxygen atoms in total. The molecule has 0 radical (unpaired) electrons. The van der Waals surface area contributed by atoms with Crippen LogP contribution in [0.3, 0.4) is 0 Å². The SMILES string of the molecule is CCOc1ccc(-c2c(-c3ccc4c(=O)[nH]nc(CN)c4c3)cnn2C)cc1. The maximum atomic E-state index is 12.1. The summed E-state index contributed by atoms with van der Waals surface area (Å²) in [5.41, 5.74) is 10.2. The number of nitrogens with two attached hydrogens (primary N) is 1. The Morgan fingerprint density at radius 3 is 2.57 bits per heavy atom. The van der Waals surface area contributed by atoms with E-state index in [9.17, 15) is 4.79 Å². The van der Waals surface area contributed by atoms with Crippen molar-refractivity contribution in [2.24, 2.45) is 12.8 Å². The highest BCUT2D eigenvalue weighted by Gasteiger charge is 2.15. The Morgan fingerprint density at radius 2 is 1.86 bits per heavy atom. The zero-order valence-electron chi connectivity index (χ0n) is 15.8. The van der Waals surface area contributed by atoms with Gasteiger partial charge < -0.3 is 10.5 Å². The number of rotatable bonds is 5. The molecule has 0 aliphatic rings. The maximum Gasteiger partial charge on any atom is 0.272 e. The summed E-state index contributed by atoms with van der Waals surface area (Å²) in [7, 11) is 1.91. The smallest absolute Gasteiger partial charge is 0.272 e. The Balaban J connectivity index is 1.86. The first-order valence-electron chi connectivity index (χ1n) is 9.09. The highest BCUT2D eigenvalue weighted by Crippen LogP contribution is 2.34. The lowest BCUT2D eigenvalue weighted by atomic mass is 9.98. The van der Waals surface area contributed by atoms with E-state index in [1.165, 1.54) is 0 Å². The molecule has 2 aromatic heterocycles. The van der Waals surface area contributed by atoms with Crippen molar-refractivity contribution in [3.05, 3.63) is 64.7 Å². The van der Waals surface area contributed by atoms with Crippen LogP contribution in [0.25, 0.3) is 33.2 Å². The van der Waals surface area contributed by atoms with E-state index in [4.69, 9.17) is 10.5 Å². The average Bonchev–Trinajstić information content (AvgIpc) is 3.10. The van der Waals surface area contributed by atoms with Gasteiger partial charge in [0, 0.05) is 30.1 Å². The molecule has 7 heteroatoms. The second-order valence-electron chi connectivity index (χ2n) is 6.45. The molecule has 28 heavy (non-hydrogen) atoms. The Hall–Kier alpha value is -3.45. The van der Waals surface area contributed by atoms with Gasteiger partial charge in [-0.3, -0.25) is 9.48 Å². The molecular weight excluding hydrogens is 354 g/mol. The predicted octanol–water partition coefficient (Wildman–Crippen LogP) is 2.85. The number of fused-ring (bicyclic) bond motifs is 1.